The van der Waals surface area contributed by atoms with E-state index in [0.29, 0.717) is 17.6 Å². The minimum Gasteiger partial charge on any atom is -0.464 e. The number of nitrogens with zero attached hydrogens (tertiary/aromatic N) is 3. The van der Waals surface area contributed by atoms with E-state index in [4.69, 9.17) is 13.7 Å². The quantitative estimate of drug-likeness (QED) is 0.799. The van der Waals surface area contributed by atoms with Crippen LogP contribution >= 0.6 is 0 Å². The van der Waals surface area contributed by atoms with Gasteiger partial charge in [-0.2, -0.15) is 4.98 Å². The lowest BCUT2D eigenvalue weighted by Gasteiger charge is -2.37. The smallest absolute Gasteiger partial charge is 0.252 e. The van der Waals surface area contributed by atoms with Gasteiger partial charge in [-0.1, -0.05) is 19.0 Å². The van der Waals surface area contributed by atoms with Crippen LogP contribution in [0, 0.1) is 12.8 Å². The van der Waals surface area contributed by atoms with E-state index in [0.717, 1.165) is 37.3 Å². The second-order valence-corrected chi connectivity index (χ2v) is 6.62. The highest BCUT2D eigenvalue weighted by atomic mass is 16.5. The Hall–Kier alpha value is -2.15. The molecule has 1 aliphatic heterocycles. The van der Waals surface area contributed by atoms with Crippen LogP contribution in [0.25, 0.3) is 0 Å². The Bertz CT molecular complexity index is 709. The van der Waals surface area contributed by atoms with Crippen LogP contribution in [0.1, 0.15) is 56.0 Å². The average Bonchev–Trinajstić information content (AvgIpc) is 3.23. The van der Waals surface area contributed by atoms with E-state index in [2.05, 4.69) is 24.0 Å². The number of carbonyl (C=O) groups is 1. The second-order valence-electron chi connectivity index (χ2n) is 6.62. The van der Waals surface area contributed by atoms with E-state index in [9.17, 15) is 4.79 Å². The van der Waals surface area contributed by atoms with Crippen molar-refractivity contribution in [1.82, 2.24) is 15.0 Å². The van der Waals surface area contributed by atoms with Crippen molar-refractivity contribution in [1.29, 1.82) is 0 Å². The van der Waals surface area contributed by atoms with Crippen LogP contribution in [0.4, 0.5) is 0 Å². The molecule has 3 heterocycles. The van der Waals surface area contributed by atoms with Gasteiger partial charge in [0.2, 0.25) is 5.91 Å². The van der Waals surface area contributed by atoms with Gasteiger partial charge in [0.1, 0.15) is 24.7 Å². The number of likely N-dealkylation sites (tertiary alicyclic amines) is 1. The molecule has 7 heteroatoms. The van der Waals surface area contributed by atoms with Gasteiger partial charge in [0, 0.05) is 13.0 Å². The number of furan rings is 1. The van der Waals surface area contributed by atoms with Crippen molar-refractivity contribution in [2.45, 2.75) is 52.7 Å². The third-order valence-electron chi connectivity index (χ3n) is 4.57. The topological polar surface area (TPSA) is 81.6 Å². The number of carbonyl (C=O) groups excluding carboxylic acids is 1. The van der Waals surface area contributed by atoms with E-state index >= 15 is 0 Å². The molecule has 25 heavy (non-hydrogen) atoms. The summed E-state index contributed by atoms with van der Waals surface area (Å²) in [5.74, 6) is 3.27. The normalized spacial score (nSPS) is 20.8. The standard InChI is InChI=1S/C18H25N3O4/c1-4-14-5-6-16(24-14)15-9-12(2)7-8-21(15)18(22)11-23-10-17-19-13(3)20-25-17/h5-6,12,15H,4,7-11H2,1-3H3/t12-,15+/m1/s1. The number of amides is 1. The van der Waals surface area contributed by atoms with Crippen molar-refractivity contribution in [2.24, 2.45) is 5.92 Å². The maximum Gasteiger partial charge on any atom is 0.252 e. The Kier molecular flexibility index (Phi) is 5.53. The average molecular weight is 347 g/mol. The van der Waals surface area contributed by atoms with E-state index < -0.39 is 0 Å². The van der Waals surface area contributed by atoms with Crippen LogP contribution in [0.15, 0.2) is 21.1 Å². The fraction of sp³-hybridized carbons (Fsp3) is 0.611. The number of aromatic nitrogens is 2. The highest BCUT2D eigenvalue weighted by molar-refractivity contribution is 5.78. The predicted molar refractivity (Wildman–Crippen MR) is 89.6 cm³/mol. The lowest BCUT2D eigenvalue weighted by molar-refractivity contribution is -0.142. The van der Waals surface area contributed by atoms with Crippen LogP contribution in [0.3, 0.4) is 0 Å². The predicted octanol–water partition coefficient (Wildman–Crippen LogP) is 3.05. The van der Waals surface area contributed by atoms with Gasteiger partial charge in [-0.15, -0.1) is 0 Å². The van der Waals surface area contributed by atoms with Gasteiger partial charge in [-0.25, -0.2) is 0 Å². The van der Waals surface area contributed by atoms with E-state index in [1.54, 1.807) is 6.92 Å². The second kappa shape index (κ2) is 7.82. The van der Waals surface area contributed by atoms with Crippen LogP contribution in [0.5, 0.6) is 0 Å². The minimum absolute atomic E-state index is 0.00630. The maximum atomic E-state index is 12.7. The molecule has 136 valence electrons. The number of hydrogen-bond acceptors (Lipinski definition) is 6. The minimum atomic E-state index is -0.0393. The Morgan fingerprint density at radius 3 is 2.96 bits per heavy atom. The van der Waals surface area contributed by atoms with Gasteiger partial charge in [-0.3, -0.25) is 4.79 Å². The van der Waals surface area contributed by atoms with Crippen LogP contribution in [-0.4, -0.2) is 34.1 Å². The molecule has 1 amide bonds. The molecule has 0 bridgehead atoms. The van der Waals surface area contributed by atoms with Crippen molar-refractivity contribution in [3.8, 4) is 0 Å². The summed E-state index contributed by atoms with van der Waals surface area (Å²) in [5, 5.41) is 3.70. The van der Waals surface area contributed by atoms with Crippen molar-refractivity contribution in [2.75, 3.05) is 13.2 Å². The summed E-state index contributed by atoms with van der Waals surface area (Å²) in [6.45, 7) is 6.87. The highest BCUT2D eigenvalue weighted by Crippen LogP contribution is 2.35. The van der Waals surface area contributed by atoms with Gasteiger partial charge in [-0.05, 0) is 37.8 Å². The van der Waals surface area contributed by atoms with Gasteiger partial charge in [0.05, 0.1) is 6.04 Å². The summed E-state index contributed by atoms with van der Waals surface area (Å²) in [5.41, 5.74) is 0. The largest absolute Gasteiger partial charge is 0.464 e. The molecule has 0 saturated carbocycles. The molecule has 0 radical (unpaired) electrons. The molecular formula is C18H25N3O4. The van der Waals surface area contributed by atoms with E-state index in [-0.39, 0.29) is 25.2 Å². The molecule has 2 aromatic rings. The third-order valence-corrected chi connectivity index (χ3v) is 4.57. The Balaban J connectivity index is 1.61. The molecule has 7 nitrogen and oxygen atoms in total. The molecule has 0 N–H and O–H groups in total. The summed E-state index contributed by atoms with van der Waals surface area (Å²) < 4.78 is 16.4. The van der Waals surface area contributed by atoms with E-state index in [1.807, 2.05) is 17.0 Å². The lowest BCUT2D eigenvalue weighted by Crippen LogP contribution is -2.42. The van der Waals surface area contributed by atoms with Crippen molar-refractivity contribution < 1.29 is 18.5 Å². The third kappa shape index (κ3) is 4.28. The molecule has 2 aromatic heterocycles. The first kappa shape index (κ1) is 17.7. The van der Waals surface area contributed by atoms with Gasteiger partial charge < -0.3 is 18.6 Å². The fourth-order valence-electron chi connectivity index (χ4n) is 3.18. The molecule has 1 saturated heterocycles. The van der Waals surface area contributed by atoms with Crippen molar-refractivity contribution in [3.05, 3.63) is 35.4 Å². The monoisotopic (exact) mass is 347 g/mol. The highest BCUT2D eigenvalue weighted by Gasteiger charge is 2.33. The first-order chi connectivity index (χ1) is 12.1. The first-order valence-corrected chi connectivity index (χ1v) is 8.81. The number of hydrogen-bond donors (Lipinski definition) is 0. The molecule has 1 aliphatic rings. The summed E-state index contributed by atoms with van der Waals surface area (Å²) >= 11 is 0. The molecule has 0 unspecified atom stereocenters. The summed E-state index contributed by atoms with van der Waals surface area (Å²) in [6, 6.07) is 3.96. The van der Waals surface area contributed by atoms with Crippen LogP contribution in [0.2, 0.25) is 0 Å². The Morgan fingerprint density at radius 1 is 1.44 bits per heavy atom. The van der Waals surface area contributed by atoms with Gasteiger partial charge >= 0.3 is 0 Å². The zero-order chi connectivity index (χ0) is 17.8. The SMILES string of the molecule is CCc1ccc([C@@H]2C[C@H](C)CCN2C(=O)COCc2nc(C)no2)o1. The molecule has 2 atom stereocenters. The van der Waals surface area contributed by atoms with Crippen LogP contribution in [-0.2, 0) is 22.6 Å². The molecule has 0 aromatic carbocycles. The molecule has 1 fully saturated rings. The van der Waals surface area contributed by atoms with Crippen LogP contribution < -0.4 is 0 Å². The van der Waals surface area contributed by atoms with Crippen molar-refractivity contribution >= 4 is 5.91 Å². The Labute approximate surface area is 147 Å². The summed E-state index contributed by atoms with van der Waals surface area (Å²) in [6.07, 6.45) is 2.75. The van der Waals surface area contributed by atoms with Gasteiger partial charge in [0.15, 0.2) is 5.82 Å². The first-order valence-electron chi connectivity index (χ1n) is 8.81. The summed E-state index contributed by atoms with van der Waals surface area (Å²) in [7, 11) is 0. The fourth-order valence-corrected chi connectivity index (χ4v) is 3.18. The maximum absolute atomic E-state index is 12.7. The number of aryl methyl sites for hydroxylation is 2. The molecular weight excluding hydrogens is 322 g/mol. The molecule has 0 spiro atoms. The lowest BCUT2D eigenvalue weighted by atomic mass is 9.91. The molecule has 3 rings (SSSR count). The zero-order valence-electron chi connectivity index (χ0n) is 15.0. The number of piperidine rings is 1. The number of ether oxygens (including phenoxy) is 1. The molecule has 0 aliphatic carbocycles. The number of rotatable bonds is 6. The van der Waals surface area contributed by atoms with Gasteiger partial charge in [0.25, 0.3) is 5.89 Å². The van der Waals surface area contributed by atoms with Crippen molar-refractivity contribution in [3.63, 3.8) is 0 Å². The zero-order valence-corrected chi connectivity index (χ0v) is 15.0. The van der Waals surface area contributed by atoms with E-state index in [1.165, 1.54) is 0 Å². The Morgan fingerprint density at radius 2 is 2.28 bits per heavy atom. The summed E-state index contributed by atoms with van der Waals surface area (Å²) in [4.78, 5) is 18.6.